The molecule has 2 heterocycles. The number of hydrogen-bond acceptors (Lipinski definition) is 3. The molecule has 0 amide bonds. The molecule has 0 spiro atoms. The van der Waals surface area contributed by atoms with Crippen molar-refractivity contribution in [2.75, 3.05) is 24.6 Å². The maximum atomic E-state index is 12.7. The van der Waals surface area contributed by atoms with E-state index < -0.39 is 0 Å². The second-order valence-electron chi connectivity index (χ2n) is 7.14. The van der Waals surface area contributed by atoms with E-state index in [1.165, 1.54) is 0 Å². The number of aromatic amines is 1. The van der Waals surface area contributed by atoms with Crippen LogP contribution in [-0.4, -0.2) is 29.8 Å². The molecule has 0 radical (unpaired) electrons. The molecule has 0 saturated carbocycles. The second-order valence-corrected chi connectivity index (χ2v) is 7.14. The van der Waals surface area contributed by atoms with E-state index in [0.29, 0.717) is 11.3 Å². The Kier molecular flexibility index (Phi) is 4.76. The second kappa shape index (κ2) is 7.34. The highest BCUT2D eigenvalue weighted by atomic mass is 16.3. The van der Waals surface area contributed by atoms with Gasteiger partial charge in [0, 0.05) is 36.5 Å². The van der Waals surface area contributed by atoms with Gasteiger partial charge in [-0.15, -0.1) is 0 Å². The van der Waals surface area contributed by atoms with Gasteiger partial charge in [0.1, 0.15) is 0 Å². The lowest BCUT2D eigenvalue weighted by Crippen LogP contribution is -2.29. The van der Waals surface area contributed by atoms with E-state index in [0.717, 1.165) is 54.7 Å². The van der Waals surface area contributed by atoms with E-state index in [4.69, 9.17) is 0 Å². The van der Waals surface area contributed by atoms with Gasteiger partial charge in [0.25, 0.3) is 5.56 Å². The van der Waals surface area contributed by atoms with Crippen molar-refractivity contribution in [2.24, 2.45) is 5.92 Å². The molecule has 1 atom stereocenters. The molecule has 1 saturated heterocycles. The first-order valence-corrected chi connectivity index (χ1v) is 9.33. The summed E-state index contributed by atoms with van der Waals surface area (Å²) in [6.45, 7) is 2.05. The van der Waals surface area contributed by atoms with Gasteiger partial charge in [-0.25, -0.2) is 0 Å². The molecule has 4 rings (SSSR count). The number of hydrogen-bond donors (Lipinski definition) is 2. The molecule has 1 aromatic heterocycles. The summed E-state index contributed by atoms with van der Waals surface area (Å²) in [5.74, 6) is 0.312. The Bertz CT molecular complexity index is 949. The van der Waals surface area contributed by atoms with Crippen LogP contribution in [0.15, 0.2) is 59.4 Å². The number of fused-ring (bicyclic) bond motifs is 1. The summed E-state index contributed by atoms with van der Waals surface area (Å²) >= 11 is 0. The van der Waals surface area contributed by atoms with Gasteiger partial charge < -0.3 is 15.0 Å². The van der Waals surface area contributed by atoms with Crippen LogP contribution in [-0.2, 0) is 0 Å². The number of nitrogens with zero attached hydrogens (tertiary/aromatic N) is 1. The Balaban J connectivity index is 1.71. The SMILES string of the molecule is O=c1[nH]c(-c2ccccc2)cc2ccc(N3CCCCC(CO)C3)cc12. The van der Waals surface area contributed by atoms with E-state index in [1.54, 1.807) is 0 Å². The minimum Gasteiger partial charge on any atom is -0.396 e. The summed E-state index contributed by atoms with van der Waals surface area (Å²) < 4.78 is 0. The molecule has 1 unspecified atom stereocenters. The highest BCUT2D eigenvalue weighted by Gasteiger charge is 2.18. The topological polar surface area (TPSA) is 56.3 Å². The summed E-state index contributed by atoms with van der Waals surface area (Å²) in [5.41, 5.74) is 2.85. The monoisotopic (exact) mass is 348 g/mol. The highest BCUT2D eigenvalue weighted by Crippen LogP contribution is 2.26. The van der Waals surface area contributed by atoms with Gasteiger partial charge in [-0.2, -0.15) is 0 Å². The quantitative estimate of drug-likeness (QED) is 0.757. The van der Waals surface area contributed by atoms with Crippen LogP contribution in [0.1, 0.15) is 19.3 Å². The number of aliphatic hydroxyl groups is 1. The zero-order chi connectivity index (χ0) is 17.9. The lowest BCUT2D eigenvalue weighted by atomic mass is 10.0. The van der Waals surface area contributed by atoms with Crippen LogP contribution in [0.4, 0.5) is 5.69 Å². The fraction of sp³-hybridized carbons (Fsp3) is 0.318. The number of benzene rings is 2. The van der Waals surface area contributed by atoms with Crippen LogP contribution in [0.25, 0.3) is 22.0 Å². The summed E-state index contributed by atoms with van der Waals surface area (Å²) in [6, 6.07) is 18.1. The van der Waals surface area contributed by atoms with Gasteiger partial charge in [-0.1, -0.05) is 42.8 Å². The van der Waals surface area contributed by atoms with Crippen LogP contribution in [0, 0.1) is 5.92 Å². The fourth-order valence-electron chi connectivity index (χ4n) is 3.83. The third-order valence-electron chi connectivity index (χ3n) is 5.31. The van der Waals surface area contributed by atoms with Crippen LogP contribution >= 0.6 is 0 Å². The predicted octanol–water partition coefficient (Wildman–Crippen LogP) is 3.79. The number of pyridine rings is 1. The van der Waals surface area contributed by atoms with Crippen molar-refractivity contribution in [3.63, 3.8) is 0 Å². The Hall–Kier alpha value is -2.59. The van der Waals surface area contributed by atoms with Crippen molar-refractivity contribution < 1.29 is 5.11 Å². The minimum atomic E-state index is -0.0586. The minimum absolute atomic E-state index is 0.0586. The molecular formula is C22H24N2O2. The van der Waals surface area contributed by atoms with Crippen molar-refractivity contribution >= 4 is 16.5 Å². The molecule has 134 valence electrons. The fourth-order valence-corrected chi connectivity index (χ4v) is 3.83. The largest absolute Gasteiger partial charge is 0.396 e. The van der Waals surface area contributed by atoms with Crippen LogP contribution in [0.3, 0.4) is 0 Å². The molecule has 1 aliphatic heterocycles. The van der Waals surface area contributed by atoms with E-state index in [9.17, 15) is 9.90 Å². The van der Waals surface area contributed by atoms with Gasteiger partial charge >= 0.3 is 0 Å². The molecule has 4 heteroatoms. The molecule has 0 aliphatic carbocycles. The van der Waals surface area contributed by atoms with Crippen molar-refractivity contribution in [3.05, 3.63) is 65.0 Å². The lowest BCUT2D eigenvalue weighted by Gasteiger charge is -2.26. The predicted molar refractivity (Wildman–Crippen MR) is 107 cm³/mol. The number of nitrogens with one attached hydrogen (secondary N) is 1. The van der Waals surface area contributed by atoms with Crippen molar-refractivity contribution in [1.82, 2.24) is 4.98 Å². The molecule has 0 bridgehead atoms. The molecule has 4 nitrogen and oxygen atoms in total. The Morgan fingerprint density at radius 1 is 1.08 bits per heavy atom. The molecule has 2 aromatic carbocycles. The molecule has 26 heavy (non-hydrogen) atoms. The van der Waals surface area contributed by atoms with Crippen LogP contribution in [0.5, 0.6) is 0 Å². The average Bonchev–Trinajstić information content (AvgIpc) is 2.94. The maximum absolute atomic E-state index is 12.7. The smallest absolute Gasteiger partial charge is 0.256 e. The average molecular weight is 348 g/mol. The first kappa shape index (κ1) is 16.9. The zero-order valence-electron chi connectivity index (χ0n) is 14.8. The lowest BCUT2D eigenvalue weighted by molar-refractivity contribution is 0.223. The van der Waals surface area contributed by atoms with Gasteiger partial charge in [0.05, 0.1) is 0 Å². The van der Waals surface area contributed by atoms with Crippen molar-refractivity contribution in [2.45, 2.75) is 19.3 Å². The summed E-state index contributed by atoms with van der Waals surface area (Å²) in [7, 11) is 0. The Morgan fingerprint density at radius 2 is 1.92 bits per heavy atom. The Labute approximate surface area is 153 Å². The van der Waals surface area contributed by atoms with Crippen molar-refractivity contribution in [1.29, 1.82) is 0 Å². The summed E-state index contributed by atoms with van der Waals surface area (Å²) in [5, 5.41) is 11.2. The van der Waals surface area contributed by atoms with E-state index in [2.05, 4.69) is 16.0 Å². The van der Waals surface area contributed by atoms with Crippen LogP contribution in [0.2, 0.25) is 0 Å². The number of rotatable bonds is 3. The summed E-state index contributed by atoms with van der Waals surface area (Å²) in [4.78, 5) is 18.0. The first-order chi connectivity index (χ1) is 12.7. The highest BCUT2D eigenvalue weighted by molar-refractivity contribution is 5.88. The standard InChI is InChI=1S/C22H24N2O2/c25-15-16-6-4-5-11-24(14-16)19-10-9-18-12-21(17-7-2-1-3-8-17)23-22(26)20(18)13-19/h1-3,7-10,12-13,16,25H,4-6,11,14-15H2,(H,23,26). The third-order valence-corrected chi connectivity index (χ3v) is 5.31. The normalized spacial score (nSPS) is 18.0. The molecule has 3 aromatic rings. The maximum Gasteiger partial charge on any atom is 0.256 e. The third kappa shape index (κ3) is 3.37. The number of H-pyrrole nitrogens is 1. The number of aromatic nitrogens is 1. The van der Waals surface area contributed by atoms with Gasteiger partial charge in [-0.05, 0) is 47.9 Å². The molecule has 1 fully saturated rings. The van der Waals surface area contributed by atoms with E-state index in [-0.39, 0.29) is 12.2 Å². The zero-order valence-corrected chi connectivity index (χ0v) is 14.8. The van der Waals surface area contributed by atoms with Crippen LogP contribution < -0.4 is 10.5 Å². The van der Waals surface area contributed by atoms with Gasteiger partial charge in [0.15, 0.2) is 0 Å². The number of aliphatic hydroxyl groups excluding tert-OH is 1. The summed E-state index contributed by atoms with van der Waals surface area (Å²) in [6.07, 6.45) is 3.34. The Morgan fingerprint density at radius 3 is 2.73 bits per heavy atom. The molecule has 2 N–H and O–H groups in total. The first-order valence-electron chi connectivity index (χ1n) is 9.33. The number of anilines is 1. The molecule has 1 aliphatic rings. The van der Waals surface area contributed by atoms with E-state index in [1.807, 2.05) is 48.5 Å². The van der Waals surface area contributed by atoms with E-state index >= 15 is 0 Å². The van der Waals surface area contributed by atoms with Gasteiger partial charge in [-0.3, -0.25) is 4.79 Å². The van der Waals surface area contributed by atoms with Crippen molar-refractivity contribution in [3.8, 4) is 11.3 Å². The molecular weight excluding hydrogens is 324 g/mol. The van der Waals surface area contributed by atoms with Gasteiger partial charge in [0.2, 0.25) is 0 Å².